The summed E-state index contributed by atoms with van der Waals surface area (Å²) in [5.74, 6) is 0. The van der Waals surface area contributed by atoms with Crippen LogP contribution in [-0.2, 0) is 20.1 Å². The Morgan fingerprint density at radius 1 is 0.500 bits per heavy atom. The normalized spacial score (nSPS) is 23.9. The molecule has 0 atom stereocenters. The maximum absolute atomic E-state index is 12.3. The Labute approximate surface area is 330 Å². The van der Waals surface area contributed by atoms with E-state index in [1.807, 2.05) is 36.7 Å². The topological polar surface area (TPSA) is 56.4 Å². The molecule has 18 heteroatoms. The molecule has 1 radical (unpaired) electrons. The van der Waals surface area contributed by atoms with Crippen LogP contribution in [0.3, 0.4) is 0 Å². The predicted molar refractivity (Wildman–Crippen MR) is 193 cm³/mol. The molecular weight excluding hydrogens is 964 g/mol. The molecule has 0 saturated carbocycles. The van der Waals surface area contributed by atoms with E-state index in [2.05, 4.69) is 85.4 Å². The molecule has 309 valence electrons. The monoisotopic (exact) mass is 996 g/mol. The minimum atomic E-state index is -10.7. The van der Waals surface area contributed by atoms with E-state index in [9.17, 15) is 51.5 Å². The predicted octanol–water partition coefficient (Wildman–Crippen LogP) is 16.0. The molecule has 0 aromatic heterocycles. The summed E-state index contributed by atoms with van der Waals surface area (Å²) in [4.78, 5) is 0. The summed E-state index contributed by atoms with van der Waals surface area (Å²) in [6, 6.07) is 0. The molecule has 0 fully saturated rings. The SMILES string of the molecule is CC1=CCC(=C2C=C(C)C=C[N-]2)[C-]=C1.CC1=CCC(=C2C=C(C)C=C[N-]2)[C-]=C1.FC(F)(F)C1=C[N-]C(=C2C=CC(C(F)(F)F)=C[N-]2)C=C1.F[P-](F)(F)(F)(F)F.[Ir]. The number of rotatable bonds is 0. The summed E-state index contributed by atoms with van der Waals surface area (Å²) in [5.41, 5.74) is 7.75. The van der Waals surface area contributed by atoms with Crippen LogP contribution >= 0.6 is 7.81 Å². The Kier molecular flexibility index (Phi) is 15.5. The minimum Gasteiger partial charge on any atom is 0 e. The molecule has 0 N–H and O–H groups in total. The zero-order valence-electron chi connectivity index (χ0n) is 29.8. The van der Waals surface area contributed by atoms with Crippen LogP contribution in [-0.4, -0.2) is 12.4 Å². The van der Waals surface area contributed by atoms with Gasteiger partial charge in [0.2, 0.25) is 0 Å². The van der Waals surface area contributed by atoms with Gasteiger partial charge in [-0.1, -0.05) is 61.4 Å². The van der Waals surface area contributed by atoms with Crippen LogP contribution in [0, 0.1) is 12.2 Å². The summed E-state index contributed by atoms with van der Waals surface area (Å²) >= 11 is 0. The van der Waals surface area contributed by atoms with Crippen molar-refractivity contribution in [2.75, 3.05) is 0 Å². The van der Waals surface area contributed by atoms with Crippen molar-refractivity contribution in [3.8, 4) is 0 Å². The molecule has 6 aliphatic rings. The van der Waals surface area contributed by atoms with Gasteiger partial charge >= 0.3 is 45.3 Å². The number of hydrogen-bond acceptors (Lipinski definition) is 0. The molecule has 0 spiro atoms. The average Bonchev–Trinajstić information content (AvgIpc) is 3.08. The maximum Gasteiger partial charge on any atom is 0 e. The fourth-order valence-electron chi connectivity index (χ4n) is 4.35. The maximum atomic E-state index is 12.3. The van der Waals surface area contributed by atoms with Gasteiger partial charge in [-0.05, 0) is 26.7 Å². The van der Waals surface area contributed by atoms with Crippen molar-refractivity contribution >= 4 is 7.81 Å². The number of alkyl halides is 6. The fraction of sp³-hybridized carbons (Fsp3) is 0.211. The summed E-state index contributed by atoms with van der Waals surface area (Å²) in [5, 5.41) is 15.8. The molecule has 0 amide bonds. The van der Waals surface area contributed by atoms with Crippen molar-refractivity contribution < 1.29 is 71.6 Å². The zero-order chi connectivity index (χ0) is 41.3. The third-order valence-corrected chi connectivity index (χ3v) is 7.10. The Morgan fingerprint density at radius 2 is 0.839 bits per heavy atom. The van der Waals surface area contributed by atoms with E-state index in [0.717, 1.165) is 48.5 Å². The van der Waals surface area contributed by atoms with Crippen LogP contribution in [0.15, 0.2) is 165 Å². The summed E-state index contributed by atoms with van der Waals surface area (Å²) in [6.07, 6.45) is 24.7. The first kappa shape index (κ1) is 47.7. The summed E-state index contributed by atoms with van der Waals surface area (Å²) in [7, 11) is -10.7. The van der Waals surface area contributed by atoms with E-state index < -0.39 is 31.3 Å². The Bertz CT molecular complexity index is 1850. The van der Waals surface area contributed by atoms with Crippen molar-refractivity contribution in [2.24, 2.45) is 0 Å². The standard InChI is InChI=1S/2C13H13N.C12H6F6N2.F6P.Ir/c2*1-10-3-5-12(6-4-10)13-9-11(2)7-8-14-13;13-11(14,15)7-1-3-9(19-5-7)10-4-2-8(6-20-10)12(16,17)18;1-7(2,3,4,5)6;/h2*3-4,7-9H,5H2,1-2H3;1-6H;;/q3*-2;-1;. The summed E-state index contributed by atoms with van der Waals surface area (Å²) in [6.45, 7) is 8.35. The van der Waals surface area contributed by atoms with E-state index in [-0.39, 0.29) is 31.5 Å². The number of halogens is 12. The van der Waals surface area contributed by atoms with Crippen LogP contribution in [0.1, 0.15) is 40.5 Å². The molecule has 0 saturated heterocycles. The van der Waals surface area contributed by atoms with Gasteiger partial charge in [-0.15, -0.1) is 24.3 Å². The molecule has 6 rings (SSSR count). The third kappa shape index (κ3) is 18.4. The average molecular weight is 996 g/mol. The largest absolute Gasteiger partial charge is 0 e. The van der Waals surface area contributed by atoms with Crippen LogP contribution < -0.4 is 0 Å². The van der Waals surface area contributed by atoms with E-state index >= 15 is 0 Å². The molecule has 0 aromatic rings. The molecule has 2 aliphatic carbocycles. The van der Waals surface area contributed by atoms with Crippen molar-refractivity contribution in [1.29, 1.82) is 0 Å². The smallest absolute Gasteiger partial charge is 0 e. The van der Waals surface area contributed by atoms with Gasteiger partial charge in [0, 0.05) is 31.3 Å². The number of nitrogens with zero attached hydrogens (tertiary/aromatic N) is 4. The Hall–Kier alpha value is -4.46. The molecule has 4 heterocycles. The van der Waals surface area contributed by atoms with Crippen LogP contribution in [0.2, 0.25) is 0 Å². The summed E-state index contributed by atoms with van der Waals surface area (Å²) < 4.78 is 133. The second-order valence-electron chi connectivity index (χ2n) is 12.1. The molecule has 56 heavy (non-hydrogen) atoms. The molecule has 4 nitrogen and oxygen atoms in total. The van der Waals surface area contributed by atoms with Crippen LogP contribution in [0.4, 0.5) is 51.5 Å². The van der Waals surface area contributed by atoms with Crippen molar-refractivity contribution in [3.63, 3.8) is 0 Å². The quantitative estimate of drug-likeness (QED) is 0.132. The molecule has 4 aliphatic heterocycles. The van der Waals surface area contributed by atoms with E-state index in [0.29, 0.717) is 12.4 Å². The van der Waals surface area contributed by atoms with Gasteiger partial charge in [-0.2, -0.15) is 109 Å². The van der Waals surface area contributed by atoms with Gasteiger partial charge in [0.25, 0.3) is 0 Å². The van der Waals surface area contributed by atoms with Crippen LogP contribution in [0.5, 0.6) is 0 Å². The van der Waals surface area contributed by atoms with Gasteiger partial charge in [-0.3, -0.25) is 0 Å². The van der Waals surface area contributed by atoms with Crippen molar-refractivity contribution in [3.05, 3.63) is 199 Å². The van der Waals surface area contributed by atoms with Gasteiger partial charge in [-0.25, -0.2) is 11.4 Å². The van der Waals surface area contributed by atoms with E-state index in [1.165, 1.54) is 33.4 Å². The first-order valence-electron chi connectivity index (χ1n) is 15.9. The third-order valence-electron chi connectivity index (χ3n) is 7.10. The molecule has 0 aromatic carbocycles. The van der Waals surface area contributed by atoms with Crippen molar-refractivity contribution in [1.82, 2.24) is 0 Å². The van der Waals surface area contributed by atoms with Gasteiger partial charge in [0.1, 0.15) is 0 Å². The van der Waals surface area contributed by atoms with E-state index in [4.69, 9.17) is 0 Å². The van der Waals surface area contributed by atoms with Gasteiger partial charge < -0.3 is 21.3 Å². The Balaban J connectivity index is 0.000000270. The first-order valence-corrected chi connectivity index (χ1v) is 17.9. The zero-order valence-corrected chi connectivity index (χ0v) is 33.0. The second kappa shape index (κ2) is 18.2. The molecular formula is C38H32F12IrN4P-7. The Morgan fingerprint density at radius 3 is 1.07 bits per heavy atom. The van der Waals surface area contributed by atoms with E-state index in [1.54, 1.807) is 0 Å². The number of hydrogen-bond donors (Lipinski definition) is 0. The number of allylic oxidation sites excluding steroid dienone is 22. The van der Waals surface area contributed by atoms with Gasteiger partial charge in [0.15, 0.2) is 0 Å². The fourth-order valence-corrected chi connectivity index (χ4v) is 4.35. The molecule has 0 bridgehead atoms. The van der Waals surface area contributed by atoms with Crippen LogP contribution in [0.25, 0.3) is 21.3 Å². The molecule has 0 unspecified atom stereocenters. The second-order valence-corrected chi connectivity index (χ2v) is 14.0. The first-order chi connectivity index (χ1) is 25.1. The van der Waals surface area contributed by atoms with Gasteiger partial charge in [0.05, 0.1) is 0 Å². The van der Waals surface area contributed by atoms with Crippen molar-refractivity contribution in [2.45, 2.75) is 52.9 Å². The minimum absolute atomic E-state index is 0.